The highest BCUT2D eigenvalue weighted by molar-refractivity contribution is 7.89. The third-order valence-electron chi connectivity index (χ3n) is 2.53. The van der Waals surface area contributed by atoms with Gasteiger partial charge >= 0.3 is 0 Å². The summed E-state index contributed by atoms with van der Waals surface area (Å²) in [6.07, 6.45) is 0. The Morgan fingerprint density at radius 2 is 2.00 bits per heavy atom. The van der Waals surface area contributed by atoms with Crippen molar-refractivity contribution >= 4 is 16.0 Å². The van der Waals surface area contributed by atoms with Gasteiger partial charge in [0.1, 0.15) is 10.6 Å². The Morgan fingerprint density at radius 3 is 2.60 bits per heavy atom. The minimum atomic E-state index is -3.59. The molecule has 3 N–H and O–H groups in total. The molecule has 0 atom stereocenters. The first-order chi connectivity index (χ1) is 9.55. The molecule has 20 heavy (non-hydrogen) atoms. The van der Waals surface area contributed by atoms with Crippen molar-refractivity contribution in [3.8, 4) is 5.75 Å². The first kappa shape index (κ1) is 16.3. The van der Waals surface area contributed by atoms with Crippen LogP contribution in [0.25, 0.3) is 0 Å². The molecule has 7 nitrogen and oxygen atoms in total. The second-order valence-electron chi connectivity index (χ2n) is 3.80. The minimum Gasteiger partial charge on any atom is -0.495 e. The van der Waals surface area contributed by atoms with E-state index in [2.05, 4.69) is 20.3 Å². The van der Waals surface area contributed by atoms with Crippen molar-refractivity contribution in [2.75, 3.05) is 34.3 Å². The lowest BCUT2D eigenvalue weighted by Crippen LogP contribution is -2.39. The summed E-state index contributed by atoms with van der Waals surface area (Å²) in [5.41, 5.74) is 0. The highest BCUT2D eigenvalue weighted by Gasteiger charge is 2.17. The fraction of sp³-hybridized carbons (Fsp3) is 0.417. The number of nitrogens with zero attached hydrogens (tertiary/aromatic N) is 1. The SMILES string of the molecule is CN=C(NC)NCCNS(=O)(=O)c1ccccc1OC. The number of sulfonamides is 1. The number of ether oxygens (including phenoxy) is 1. The van der Waals surface area contributed by atoms with Crippen molar-refractivity contribution in [3.05, 3.63) is 24.3 Å². The van der Waals surface area contributed by atoms with E-state index in [4.69, 9.17) is 4.74 Å². The number of nitrogens with one attached hydrogen (secondary N) is 3. The van der Waals surface area contributed by atoms with E-state index < -0.39 is 10.0 Å². The van der Waals surface area contributed by atoms with Crippen LogP contribution in [0.5, 0.6) is 5.75 Å². The van der Waals surface area contributed by atoms with Crippen LogP contribution in [0, 0.1) is 0 Å². The molecule has 0 bridgehead atoms. The van der Waals surface area contributed by atoms with Crippen LogP contribution < -0.4 is 20.1 Å². The number of hydrogen-bond donors (Lipinski definition) is 3. The van der Waals surface area contributed by atoms with Gasteiger partial charge in [-0.1, -0.05) is 12.1 Å². The van der Waals surface area contributed by atoms with Gasteiger partial charge in [-0.15, -0.1) is 0 Å². The van der Waals surface area contributed by atoms with Crippen molar-refractivity contribution in [2.45, 2.75) is 4.90 Å². The molecule has 0 aliphatic rings. The van der Waals surface area contributed by atoms with Gasteiger partial charge in [0.15, 0.2) is 5.96 Å². The number of methoxy groups -OCH3 is 1. The Kier molecular flexibility index (Phi) is 6.26. The minimum absolute atomic E-state index is 0.125. The molecule has 0 spiro atoms. The zero-order valence-electron chi connectivity index (χ0n) is 11.8. The van der Waals surface area contributed by atoms with E-state index in [1.165, 1.54) is 13.2 Å². The highest BCUT2D eigenvalue weighted by Crippen LogP contribution is 2.22. The highest BCUT2D eigenvalue weighted by atomic mass is 32.2. The molecule has 0 fully saturated rings. The summed E-state index contributed by atoms with van der Waals surface area (Å²) < 4.78 is 31.8. The molecule has 0 saturated heterocycles. The molecule has 0 aromatic heterocycles. The lowest BCUT2D eigenvalue weighted by atomic mass is 10.3. The Balaban J connectivity index is 2.62. The predicted molar refractivity (Wildman–Crippen MR) is 78.6 cm³/mol. The van der Waals surface area contributed by atoms with Gasteiger partial charge in [-0.05, 0) is 12.1 Å². The lowest BCUT2D eigenvalue weighted by Gasteiger charge is -2.11. The molecule has 1 aromatic rings. The summed E-state index contributed by atoms with van der Waals surface area (Å²) >= 11 is 0. The summed E-state index contributed by atoms with van der Waals surface area (Å²) in [4.78, 5) is 4.05. The van der Waals surface area contributed by atoms with Gasteiger partial charge in [-0.3, -0.25) is 4.99 Å². The number of hydrogen-bond acceptors (Lipinski definition) is 4. The molecule has 0 aliphatic carbocycles. The Morgan fingerprint density at radius 1 is 1.30 bits per heavy atom. The molecular formula is C12H20N4O3S. The smallest absolute Gasteiger partial charge is 0.244 e. The van der Waals surface area contributed by atoms with Crippen LogP contribution >= 0.6 is 0 Å². The average molecular weight is 300 g/mol. The van der Waals surface area contributed by atoms with Crippen LogP contribution in [0.15, 0.2) is 34.2 Å². The van der Waals surface area contributed by atoms with Gasteiger partial charge in [0.25, 0.3) is 0 Å². The number of rotatable bonds is 6. The zero-order valence-corrected chi connectivity index (χ0v) is 12.6. The third kappa shape index (κ3) is 4.39. The molecule has 112 valence electrons. The Bertz CT molecular complexity index is 558. The average Bonchev–Trinajstić information content (AvgIpc) is 2.47. The molecule has 0 heterocycles. The fourth-order valence-corrected chi connectivity index (χ4v) is 2.76. The number of benzene rings is 1. The van der Waals surface area contributed by atoms with Crippen LogP contribution in [0.4, 0.5) is 0 Å². The molecule has 0 unspecified atom stereocenters. The largest absolute Gasteiger partial charge is 0.495 e. The molecule has 0 radical (unpaired) electrons. The van der Waals surface area contributed by atoms with Crippen molar-refractivity contribution in [1.82, 2.24) is 15.4 Å². The lowest BCUT2D eigenvalue weighted by molar-refractivity contribution is 0.402. The first-order valence-corrected chi connectivity index (χ1v) is 7.54. The van der Waals surface area contributed by atoms with Crippen molar-refractivity contribution < 1.29 is 13.2 Å². The van der Waals surface area contributed by atoms with Crippen LogP contribution in [0.2, 0.25) is 0 Å². The van der Waals surface area contributed by atoms with Crippen molar-refractivity contribution in [2.24, 2.45) is 4.99 Å². The van der Waals surface area contributed by atoms with Gasteiger partial charge in [0, 0.05) is 27.2 Å². The van der Waals surface area contributed by atoms with E-state index in [1.54, 1.807) is 32.3 Å². The topological polar surface area (TPSA) is 91.8 Å². The maximum atomic E-state index is 12.1. The summed E-state index contributed by atoms with van der Waals surface area (Å²) in [6, 6.07) is 6.48. The predicted octanol–water partition coefficient (Wildman–Crippen LogP) is -0.232. The molecule has 8 heteroatoms. The number of aliphatic imine (C=N–C) groups is 1. The molecule has 1 rings (SSSR count). The van der Waals surface area contributed by atoms with E-state index in [1.807, 2.05) is 0 Å². The second kappa shape index (κ2) is 7.71. The van der Waals surface area contributed by atoms with Gasteiger partial charge in [0.2, 0.25) is 10.0 Å². The summed E-state index contributed by atoms with van der Waals surface area (Å²) in [7, 11) is 1.21. The van der Waals surface area contributed by atoms with Gasteiger partial charge in [-0.2, -0.15) is 0 Å². The van der Waals surface area contributed by atoms with Crippen molar-refractivity contribution in [3.63, 3.8) is 0 Å². The molecule has 1 aromatic carbocycles. The number of para-hydroxylation sites is 1. The third-order valence-corrected chi connectivity index (χ3v) is 4.03. The van der Waals surface area contributed by atoms with Crippen LogP contribution in [0.3, 0.4) is 0 Å². The standard InChI is InChI=1S/C12H20N4O3S/c1-13-12(14-2)15-8-9-16-20(17,18)11-7-5-4-6-10(11)19-3/h4-7,16H,8-9H2,1-3H3,(H2,13,14,15). The van der Waals surface area contributed by atoms with Crippen LogP contribution in [0.1, 0.15) is 0 Å². The van der Waals surface area contributed by atoms with E-state index in [-0.39, 0.29) is 11.4 Å². The Hall–Kier alpha value is -1.80. The maximum Gasteiger partial charge on any atom is 0.244 e. The van der Waals surface area contributed by atoms with E-state index in [0.717, 1.165) is 0 Å². The van der Waals surface area contributed by atoms with Crippen LogP contribution in [-0.2, 0) is 10.0 Å². The molecular weight excluding hydrogens is 280 g/mol. The van der Waals surface area contributed by atoms with Crippen LogP contribution in [-0.4, -0.2) is 48.7 Å². The molecule has 0 saturated carbocycles. The van der Waals surface area contributed by atoms with E-state index in [0.29, 0.717) is 18.3 Å². The summed E-state index contributed by atoms with van der Waals surface area (Å²) in [6.45, 7) is 0.656. The first-order valence-electron chi connectivity index (χ1n) is 6.06. The summed E-state index contributed by atoms with van der Waals surface area (Å²) in [5.74, 6) is 0.917. The number of guanidine groups is 1. The van der Waals surface area contributed by atoms with Gasteiger partial charge in [0.05, 0.1) is 7.11 Å². The Labute approximate surface area is 119 Å². The molecule has 0 aliphatic heterocycles. The summed E-state index contributed by atoms with van der Waals surface area (Å²) in [5, 5.41) is 5.79. The second-order valence-corrected chi connectivity index (χ2v) is 5.53. The fourth-order valence-electron chi connectivity index (χ4n) is 1.56. The normalized spacial score (nSPS) is 12.1. The van der Waals surface area contributed by atoms with Gasteiger partial charge in [-0.25, -0.2) is 13.1 Å². The van der Waals surface area contributed by atoms with E-state index in [9.17, 15) is 8.42 Å². The van der Waals surface area contributed by atoms with E-state index >= 15 is 0 Å². The zero-order chi connectivity index (χ0) is 15.0. The monoisotopic (exact) mass is 300 g/mol. The van der Waals surface area contributed by atoms with Gasteiger partial charge < -0.3 is 15.4 Å². The maximum absolute atomic E-state index is 12.1. The molecule has 0 amide bonds. The van der Waals surface area contributed by atoms with Crippen molar-refractivity contribution in [1.29, 1.82) is 0 Å². The quantitative estimate of drug-likeness (QED) is 0.383.